The molecule has 2 heterocycles. The number of nitrogens with zero attached hydrogens (tertiary/aromatic N) is 2. The average Bonchev–Trinajstić information content (AvgIpc) is 3.05. The second-order valence-electron chi connectivity index (χ2n) is 5.79. The molecule has 0 aromatic carbocycles. The first-order valence-corrected chi connectivity index (χ1v) is 8.55. The van der Waals surface area contributed by atoms with Gasteiger partial charge in [-0.2, -0.15) is 0 Å². The van der Waals surface area contributed by atoms with Crippen LogP contribution in [-0.4, -0.2) is 36.0 Å². The molecule has 0 aliphatic rings. The maximum Gasteiger partial charge on any atom is 0.251 e. The first kappa shape index (κ1) is 16.8. The van der Waals surface area contributed by atoms with E-state index in [0.717, 1.165) is 42.1 Å². The normalized spacial score (nSPS) is 11.3. The van der Waals surface area contributed by atoms with Crippen LogP contribution in [0.1, 0.15) is 35.1 Å². The summed E-state index contributed by atoms with van der Waals surface area (Å²) in [5.41, 5.74) is 9.61. The number of amides is 1. The number of thiophene rings is 1. The van der Waals surface area contributed by atoms with Gasteiger partial charge >= 0.3 is 0 Å². The van der Waals surface area contributed by atoms with Crippen molar-refractivity contribution in [2.45, 2.75) is 33.2 Å². The van der Waals surface area contributed by atoms with Gasteiger partial charge in [-0.05, 0) is 51.9 Å². The predicted molar refractivity (Wildman–Crippen MR) is 93.5 cm³/mol. The summed E-state index contributed by atoms with van der Waals surface area (Å²) in [6.45, 7) is 6.09. The molecule has 0 spiro atoms. The van der Waals surface area contributed by atoms with Crippen molar-refractivity contribution >= 4 is 17.2 Å². The molecule has 0 aliphatic heterocycles. The quantitative estimate of drug-likeness (QED) is 0.852. The lowest BCUT2D eigenvalue weighted by Gasteiger charge is -2.14. The Kier molecular flexibility index (Phi) is 5.42. The van der Waals surface area contributed by atoms with Gasteiger partial charge in [-0.3, -0.25) is 4.79 Å². The van der Waals surface area contributed by atoms with Crippen LogP contribution in [0.2, 0.25) is 0 Å². The van der Waals surface area contributed by atoms with Crippen molar-refractivity contribution in [3.63, 3.8) is 0 Å². The molecule has 2 aromatic rings. The second kappa shape index (κ2) is 7.11. The summed E-state index contributed by atoms with van der Waals surface area (Å²) in [4.78, 5) is 15.3. The van der Waals surface area contributed by atoms with E-state index in [2.05, 4.69) is 36.6 Å². The molecule has 0 aliphatic carbocycles. The Morgan fingerprint density at radius 1 is 1.41 bits per heavy atom. The van der Waals surface area contributed by atoms with Gasteiger partial charge in [0.15, 0.2) is 0 Å². The number of rotatable bonds is 7. The molecule has 22 heavy (non-hydrogen) atoms. The zero-order valence-electron chi connectivity index (χ0n) is 13.8. The molecule has 2 aromatic heterocycles. The maximum atomic E-state index is 12.0. The molecule has 0 atom stereocenters. The summed E-state index contributed by atoms with van der Waals surface area (Å²) < 4.78 is 2.28. The van der Waals surface area contributed by atoms with Gasteiger partial charge in [-0.15, -0.1) is 11.3 Å². The lowest BCUT2D eigenvalue weighted by molar-refractivity contribution is 0.1000. The van der Waals surface area contributed by atoms with Gasteiger partial charge in [0.05, 0.1) is 5.56 Å². The topological polar surface area (TPSA) is 51.3 Å². The zero-order valence-corrected chi connectivity index (χ0v) is 14.7. The van der Waals surface area contributed by atoms with E-state index >= 15 is 0 Å². The van der Waals surface area contributed by atoms with Gasteiger partial charge in [0.25, 0.3) is 5.91 Å². The molecule has 2 N–H and O–H groups in total. The number of hydrogen-bond donors (Lipinski definition) is 1. The summed E-state index contributed by atoms with van der Waals surface area (Å²) in [5.74, 6) is -0.332. The van der Waals surface area contributed by atoms with Gasteiger partial charge in [0.1, 0.15) is 0 Å². The van der Waals surface area contributed by atoms with E-state index in [1.165, 1.54) is 5.69 Å². The lowest BCUT2D eigenvalue weighted by Crippen LogP contribution is -2.17. The number of hydrogen-bond acceptors (Lipinski definition) is 3. The maximum absolute atomic E-state index is 12.0. The Morgan fingerprint density at radius 3 is 2.64 bits per heavy atom. The lowest BCUT2D eigenvalue weighted by atomic mass is 10.1. The number of carbonyl (C=O) groups is 1. The van der Waals surface area contributed by atoms with Gasteiger partial charge < -0.3 is 15.2 Å². The molecule has 0 fully saturated rings. The number of nitrogens with two attached hydrogens (primary N) is 1. The van der Waals surface area contributed by atoms with Crippen LogP contribution >= 0.6 is 11.3 Å². The average molecular weight is 319 g/mol. The van der Waals surface area contributed by atoms with E-state index < -0.39 is 0 Å². The largest absolute Gasteiger partial charge is 0.366 e. The molecular weight excluding hydrogens is 294 g/mol. The third-order valence-corrected chi connectivity index (χ3v) is 4.85. The highest BCUT2D eigenvalue weighted by Crippen LogP contribution is 2.35. The predicted octanol–water partition coefficient (Wildman–Crippen LogP) is 3.14. The number of carbonyl (C=O) groups excluding carboxylic acids is 1. The number of aromatic nitrogens is 1. The van der Waals surface area contributed by atoms with Gasteiger partial charge in [0, 0.05) is 28.4 Å². The summed E-state index contributed by atoms with van der Waals surface area (Å²) in [7, 11) is 4.16. The molecule has 0 unspecified atom stereocenters. The van der Waals surface area contributed by atoms with Gasteiger partial charge in [-0.1, -0.05) is 13.0 Å². The van der Waals surface area contributed by atoms with E-state index in [-0.39, 0.29) is 5.91 Å². The highest BCUT2D eigenvalue weighted by molar-refractivity contribution is 7.13. The van der Waals surface area contributed by atoms with Crippen molar-refractivity contribution in [2.75, 3.05) is 20.6 Å². The van der Waals surface area contributed by atoms with Crippen LogP contribution in [0.5, 0.6) is 0 Å². The van der Waals surface area contributed by atoms with Gasteiger partial charge in [0.2, 0.25) is 0 Å². The Morgan fingerprint density at radius 2 is 2.14 bits per heavy atom. The molecule has 1 amide bonds. The highest BCUT2D eigenvalue weighted by atomic mass is 32.1. The minimum atomic E-state index is -0.332. The van der Waals surface area contributed by atoms with Crippen molar-refractivity contribution in [1.82, 2.24) is 9.47 Å². The van der Waals surface area contributed by atoms with Crippen LogP contribution < -0.4 is 5.73 Å². The Balaban J connectivity index is 2.50. The van der Waals surface area contributed by atoms with E-state index in [0.29, 0.717) is 5.56 Å². The minimum absolute atomic E-state index is 0.332. The monoisotopic (exact) mass is 319 g/mol. The molecular formula is C17H25N3OS. The van der Waals surface area contributed by atoms with Crippen LogP contribution in [0.4, 0.5) is 0 Å². The SMILES string of the molecule is CCc1c(-c2cccs2)c(C(N)=O)c(C)n1CCCN(C)C. The Labute approximate surface area is 136 Å². The van der Waals surface area contributed by atoms with Crippen LogP contribution in [-0.2, 0) is 13.0 Å². The Bertz CT molecular complexity index is 641. The van der Waals surface area contributed by atoms with Crippen LogP contribution in [0.3, 0.4) is 0 Å². The molecule has 0 bridgehead atoms. The van der Waals surface area contributed by atoms with Crippen molar-refractivity contribution < 1.29 is 4.79 Å². The molecule has 4 nitrogen and oxygen atoms in total. The fraction of sp³-hybridized carbons (Fsp3) is 0.471. The van der Waals surface area contributed by atoms with Crippen LogP contribution in [0.25, 0.3) is 10.4 Å². The highest BCUT2D eigenvalue weighted by Gasteiger charge is 2.24. The minimum Gasteiger partial charge on any atom is -0.366 e. The summed E-state index contributed by atoms with van der Waals surface area (Å²) in [6, 6.07) is 4.08. The van der Waals surface area contributed by atoms with E-state index in [1.807, 2.05) is 18.4 Å². The second-order valence-corrected chi connectivity index (χ2v) is 6.73. The summed E-state index contributed by atoms with van der Waals surface area (Å²) in [6.07, 6.45) is 1.95. The first-order valence-electron chi connectivity index (χ1n) is 7.67. The van der Waals surface area contributed by atoms with E-state index in [4.69, 9.17) is 5.73 Å². The number of primary amides is 1. The van der Waals surface area contributed by atoms with Crippen LogP contribution in [0, 0.1) is 6.92 Å². The summed E-state index contributed by atoms with van der Waals surface area (Å²) >= 11 is 1.66. The van der Waals surface area contributed by atoms with Crippen molar-refractivity contribution in [1.29, 1.82) is 0 Å². The fourth-order valence-corrected chi connectivity index (χ4v) is 3.80. The fourth-order valence-electron chi connectivity index (χ4n) is 3.00. The van der Waals surface area contributed by atoms with E-state index in [9.17, 15) is 4.79 Å². The Hall–Kier alpha value is -1.59. The first-order chi connectivity index (χ1) is 10.5. The summed E-state index contributed by atoms with van der Waals surface area (Å²) in [5, 5.41) is 2.04. The molecule has 5 heteroatoms. The molecule has 0 radical (unpaired) electrons. The third-order valence-electron chi connectivity index (χ3n) is 3.97. The molecule has 0 saturated heterocycles. The van der Waals surface area contributed by atoms with Crippen molar-refractivity contribution in [3.8, 4) is 10.4 Å². The van der Waals surface area contributed by atoms with Crippen molar-refractivity contribution in [2.24, 2.45) is 5.73 Å². The van der Waals surface area contributed by atoms with Gasteiger partial charge in [-0.25, -0.2) is 0 Å². The molecule has 2 rings (SSSR count). The zero-order chi connectivity index (χ0) is 16.3. The third kappa shape index (κ3) is 3.25. The standard InChI is InChI=1S/C17H25N3OS/c1-5-13-16(14-8-6-11-22-14)15(17(18)21)12(2)20(13)10-7-9-19(3)4/h6,8,11H,5,7,9-10H2,1-4H3,(H2,18,21). The van der Waals surface area contributed by atoms with E-state index in [1.54, 1.807) is 11.3 Å². The van der Waals surface area contributed by atoms with Crippen molar-refractivity contribution in [3.05, 3.63) is 34.5 Å². The molecule has 120 valence electrons. The molecule has 0 saturated carbocycles. The van der Waals surface area contributed by atoms with Crippen LogP contribution in [0.15, 0.2) is 17.5 Å². The smallest absolute Gasteiger partial charge is 0.251 e.